The van der Waals surface area contributed by atoms with E-state index in [2.05, 4.69) is 27.4 Å². The number of allylic oxidation sites excluding steroid dienone is 2. The van der Waals surface area contributed by atoms with Crippen molar-refractivity contribution in [2.75, 3.05) is 4.72 Å². The number of hydrogen-bond acceptors (Lipinski definition) is 4. The summed E-state index contributed by atoms with van der Waals surface area (Å²) in [4.78, 5) is 12.4. The van der Waals surface area contributed by atoms with Crippen molar-refractivity contribution in [1.29, 1.82) is 0 Å². The summed E-state index contributed by atoms with van der Waals surface area (Å²) in [6.45, 7) is 0. The summed E-state index contributed by atoms with van der Waals surface area (Å²) in [6, 6.07) is 12.3. The van der Waals surface area contributed by atoms with Crippen LogP contribution in [0.1, 0.15) is 23.2 Å². The van der Waals surface area contributed by atoms with E-state index in [0.717, 1.165) is 18.6 Å². The number of hydrogen-bond donors (Lipinski definition) is 2. The Labute approximate surface area is 168 Å². The Kier molecular flexibility index (Phi) is 4.95. The molecule has 4 rings (SSSR count). The molecule has 0 aliphatic heterocycles. The zero-order valence-corrected chi connectivity index (χ0v) is 16.4. The van der Waals surface area contributed by atoms with E-state index in [1.807, 2.05) is 0 Å². The summed E-state index contributed by atoms with van der Waals surface area (Å²) in [5.74, 6) is 0.489. The summed E-state index contributed by atoms with van der Waals surface area (Å²) in [7, 11) is -3.89. The number of fused-ring (bicyclic) bond motifs is 1. The van der Waals surface area contributed by atoms with Crippen LogP contribution in [0.15, 0.2) is 70.7 Å². The smallest absolute Gasteiger partial charge is 0.271 e. The van der Waals surface area contributed by atoms with Gasteiger partial charge in [-0.1, -0.05) is 42.0 Å². The maximum atomic E-state index is 12.6. The van der Waals surface area contributed by atoms with Gasteiger partial charge in [-0.2, -0.15) is 5.10 Å². The third-order valence-corrected chi connectivity index (χ3v) is 6.68. The van der Waals surface area contributed by atoms with Gasteiger partial charge in [-0.25, -0.2) is 13.8 Å². The number of anilines is 1. The number of amides is 1. The molecule has 0 unspecified atom stereocenters. The minimum absolute atomic E-state index is 0.0311. The van der Waals surface area contributed by atoms with Crippen molar-refractivity contribution in [2.45, 2.75) is 17.7 Å². The van der Waals surface area contributed by atoms with Gasteiger partial charge in [-0.05, 0) is 49.1 Å². The van der Waals surface area contributed by atoms with Crippen LogP contribution in [-0.4, -0.2) is 20.0 Å². The van der Waals surface area contributed by atoms with E-state index in [0.29, 0.717) is 11.8 Å². The summed E-state index contributed by atoms with van der Waals surface area (Å²) < 4.78 is 27.7. The lowest BCUT2D eigenvalue weighted by Crippen LogP contribution is -2.35. The lowest BCUT2D eigenvalue weighted by Gasteiger charge is -2.31. The minimum atomic E-state index is -3.89. The van der Waals surface area contributed by atoms with Crippen LogP contribution in [0, 0.1) is 11.8 Å². The Bertz CT molecular complexity index is 1100. The monoisotopic (exact) mass is 415 g/mol. The lowest BCUT2D eigenvalue weighted by molar-refractivity contribution is 0.0953. The molecule has 28 heavy (non-hydrogen) atoms. The zero-order valence-electron chi connectivity index (χ0n) is 14.8. The second-order valence-electron chi connectivity index (χ2n) is 6.80. The molecular formula is C20H18ClN3O3S. The third-order valence-electron chi connectivity index (χ3n) is 4.99. The first kappa shape index (κ1) is 18.7. The maximum Gasteiger partial charge on any atom is 0.271 e. The van der Waals surface area contributed by atoms with Crippen LogP contribution < -0.4 is 10.1 Å². The fraction of sp³-hybridized carbons (Fsp3) is 0.200. The van der Waals surface area contributed by atoms with Gasteiger partial charge in [0.05, 0.1) is 15.6 Å². The predicted molar refractivity (Wildman–Crippen MR) is 109 cm³/mol. The van der Waals surface area contributed by atoms with E-state index in [1.165, 1.54) is 18.2 Å². The van der Waals surface area contributed by atoms with Gasteiger partial charge in [0.2, 0.25) is 0 Å². The molecule has 6 nitrogen and oxygen atoms in total. The van der Waals surface area contributed by atoms with Gasteiger partial charge in [0.25, 0.3) is 15.9 Å². The molecule has 0 spiro atoms. The normalized spacial score (nSPS) is 21.8. The standard InChI is InChI=1S/C20H18ClN3O3S/c21-17-9-1-2-10-18(17)24-28(26,27)15-7-3-6-14(11-15)20(25)23-22-19-12-13-5-4-8-16(13)19/h1-7,9-11,13,16,24H,8,12H2,(H,23,25)/b22-19-/t13-,16-/m1/s1. The van der Waals surface area contributed by atoms with Crippen molar-refractivity contribution in [3.63, 3.8) is 0 Å². The third kappa shape index (κ3) is 3.68. The van der Waals surface area contributed by atoms with Gasteiger partial charge >= 0.3 is 0 Å². The highest BCUT2D eigenvalue weighted by atomic mass is 35.5. The molecule has 2 aromatic carbocycles. The molecule has 2 aliphatic carbocycles. The molecule has 0 saturated heterocycles. The van der Waals surface area contributed by atoms with E-state index in [4.69, 9.17) is 11.6 Å². The first-order valence-corrected chi connectivity index (χ1v) is 10.7. The number of benzene rings is 2. The van der Waals surface area contributed by atoms with Crippen LogP contribution >= 0.6 is 11.6 Å². The number of carbonyl (C=O) groups excluding carboxylic acids is 1. The van der Waals surface area contributed by atoms with Crippen molar-refractivity contribution in [3.8, 4) is 0 Å². The average Bonchev–Trinajstić information content (AvgIpc) is 3.04. The number of rotatable bonds is 5. The number of nitrogens with one attached hydrogen (secondary N) is 2. The Hall–Kier alpha value is -2.64. The van der Waals surface area contributed by atoms with Crippen LogP contribution in [0.4, 0.5) is 5.69 Å². The summed E-state index contributed by atoms with van der Waals surface area (Å²) >= 11 is 6.02. The Morgan fingerprint density at radius 3 is 2.75 bits per heavy atom. The van der Waals surface area contributed by atoms with Crippen molar-refractivity contribution in [2.24, 2.45) is 16.9 Å². The molecular weight excluding hydrogens is 398 g/mol. The molecule has 2 atom stereocenters. The highest BCUT2D eigenvalue weighted by Gasteiger charge is 2.38. The molecule has 2 N–H and O–H groups in total. The Morgan fingerprint density at radius 1 is 1.14 bits per heavy atom. The quantitative estimate of drug-likeness (QED) is 0.574. The lowest BCUT2D eigenvalue weighted by atomic mass is 9.74. The predicted octanol–water partition coefficient (Wildman–Crippen LogP) is 3.82. The van der Waals surface area contributed by atoms with E-state index in [1.54, 1.807) is 30.3 Å². The van der Waals surface area contributed by atoms with Gasteiger partial charge in [0.1, 0.15) is 0 Å². The van der Waals surface area contributed by atoms with E-state index >= 15 is 0 Å². The molecule has 2 aromatic rings. The van der Waals surface area contributed by atoms with E-state index < -0.39 is 15.9 Å². The van der Waals surface area contributed by atoms with Crippen LogP contribution in [-0.2, 0) is 10.0 Å². The van der Waals surface area contributed by atoms with Gasteiger partial charge in [0.15, 0.2) is 0 Å². The molecule has 1 fully saturated rings. The summed E-state index contributed by atoms with van der Waals surface area (Å²) in [5.41, 5.74) is 4.00. The van der Waals surface area contributed by atoms with Crippen LogP contribution in [0.2, 0.25) is 5.02 Å². The Morgan fingerprint density at radius 2 is 1.96 bits per heavy atom. The molecule has 0 heterocycles. The van der Waals surface area contributed by atoms with Crippen LogP contribution in [0.5, 0.6) is 0 Å². The van der Waals surface area contributed by atoms with Gasteiger partial charge in [-0.3, -0.25) is 9.52 Å². The van der Waals surface area contributed by atoms with Gasteiger partial charge in [0, 0.05) is 17.2 Å². The highest BCUT2D eigenvalue weighted by molar-refractivity contribution is 7.92. The highest BCUT2D eigenvalue weighted by Crippen LogP contribution is 2.40. The topological polar surface area (TPSA) is 87.6 Å². The summed E-state index contributed by atoms with van der Waals surface area (Å²) in [6.07, 6.45) is 6.14. The molecule has 0 aromatic heterocycles. The second-order valence-corrected chi connectivity index (χ2v) is 8.89. The van der Waals surface area contributed by atoms with Crippen LogP contribution in [0.3, 0.4) is 0 Å². The average molecular weight is 416 g/mol. The fourth-order valence-corrected chi connectivity index (χ4v) is 4.77. The maximum absolute atomic E-state index is 12.6. The minimum Gasteiger partial charge on any atom is -0.278 e. The first-order chi connectivity index (χ1) is 13.4. The fourth-order valence-electron chi connectivity index (χ4n) is 3.40. The molecule has 2 aliphatic rings. The molecule has 8 heteroatoms. The summed E-state index contributed by atoms with van der Waals surface area (Å²) in [5, 5.41) is 4.50. The van der Waals surface area contributed by atoms with Gasteiger partial charge < -0.3 is 0 Å². The number of carbonyl (C=O) groups is 1. The molecule has 0 radical (unpaired) electrons. The molecule has 144 valence electrons. The SMILES string of the molecule is O=C(N/N=C1/C[C@H]2C=CC[C@@H]12)c1cccc(S(=O)(=O)Nc2ccccc2Cl)c1. The zero-order chi connectivity index (χ0) is 19.7. The first-order valence-electron chi connectivity index (χ1n) is 8.85. The van der Waals surface area contributed by atoms with Crippen molar-refractivity contribution >= 4 is 38.9 Å². The molecule has 1 amide bonds. The van der Waals surface area contributed by atoms with Crippen molar-refractivity contribution in [1.82, 2.24) is 5.43 Å². The van der Waals surface area contributed by atoms with E-state index in [-0.39, 0.29) is 21.2 Å². The van der Waals surface area contributed by atoms with Crippen LogP contribution in [0.25, 0.3) is 0 Å². The number of para-hydroxylation sites is 1. The van der Waals surface area contributed by atoms with E-state index in [9.17, 15) is 13.2 Å². The molecule has 1 saturated carbocycles. The van der Waals surface area contributed by atoms with Gasteiger partial charge in [-0.15, -0.1) is 0 Å². The number of nitrogens with zero attached hydrogens (tertiary/aromatic N) is 1. The van der Waals surface area contributed by atoms with Crippen molar-refractivity contribution < 1.29 is 13.2 Å². The number of hydrazone groups is 1. The number of sulfonamides is 1. The Balaban J connectivity index is 1.48. The number of halogens is 1. The van der Waals surface area contributed by atoms with Crippen molar-refractivity contribution in [3.05, 3.63) is 71.3 Å². The largest absolute Gasteiger partial charge is 0.278 e. The molecule has 0 bridgehead atoms. The second kappa shape index (κ2) is 7.41.